The van der Waals surface area contributed by atoms with Crippen LogP contribution in [-0.4, -0.2) is 35.6 Å². The molecular weight excluding hydrogens is 312 g/mol. The zero-order valence-electron chi connectivity index (χ0n) is 14.4. The lowest BCUT2D eigenvalue weighted by molar-refractivity contribution is -0.132. The summed E-state index contributed by atoms with van der Waals surface area (Å²) in [4.78, 5) is 27.3. The van der Waals surface area contributed by atoms with Crippen LogP contribution in [0.5, 0.6) is 0 Å². The Bertz CT molecular complexity index is 494. The highest BCUT2D eigenvalue weighted by Gasteiger charge is 2.26. The molecule has 0 aliphatic rings. The van der Waals surface area contributed by atoms with Crippen molar-refractivity contribution in [1.82, 2.24) is 10.2 Å². The molecule has 0 unspecified atom stereocenters. The van der Waals surface area contributed by atoms with Crippen LogP contribution in [0.15, 0.2) is 17.5 Å². The van der Waals surface area contributed by atoms with Gasteiger partial charge in [0.1, 0.15) is 11.6 Å². The van der Waals surface area contributed by atoms with Gasteiger partial charge in [-0.2, -0.15) is 0 Å². The molecule has 0 aliphatic heterocycles. The molecule has 129 valence electrons. The average molecular weight is 339 g/mol. The lowest BCUT2D eigenvalue weighted by atomic mass is 10.1. The lowest BCUT2D eigenvalue weighted by Crippen LogP contribution is -2.48. The van der Waals surface area contributed by atoms with E-state index in [-0.39, 0.29) is 5.91 Å². The van der Waals surface area contributed by atoms with Crippen LogP contribution in [0.1, 0.15) is 44.9 Å². The molecule has 1 radical (unpaired) electrons. The monoisotopic (exact) mass is 339 g/mol. The molecule has 0 bridgehead atoms. The molecule has 2 amide bonds. The van der Waals surface area contributed by atoms with E-state index in [1.807, 2.05) is 17.5 Å². The normalized spacial score (nSPS) is 12.6. The first kappa shape index (κ1) is 19.5. The van der Waals surface area contributed by atoms with Gasteiger partial charge in [0.05, 0.1) is 6.54 Å². The third-order valence-corrected chi connectivity index (χ3v) is 3.94. The van der Waals surface area contributed by atoms with Crippen LogP contribution in [0.4, 0.5) is 4.79 Å². The fraction of sp³-hybridized carbons (Fsp3) is 0.588. The largest absolute Gasteiger partial charge is 0.444 e. The van der Waals surface area contributed by atoms with Gasteiger partial charge in [0.2, 0.25) is 5.91 Å². The first-order valence-electron chi connectivity index (χ1n) is 7.79. The first-order valence-corrected chi connectivity index (χ1v) is 8.67. The number of nitrogens with one attached hydrogen (secondary N) is 1. The molecule has 0 spiro atoms. The second-order valence-corrected chi connectivity index (χ2v) is 7.50. The third-order valence-electron chi connectivity index (χ3n) is 3.08. The van der Waals surface area contributed by atoms with Gasteiger partial charge in [-0.05, 0) is 38.6 Å². The molecule has 0 aliphatic carbocycles. The van der Waals surface area contributed by atoms with Crippen molar-refractivity contribution >= 4 is 23.3 Å². The number of unbranched alkanes of at least 4 members (excludes halogenated alkanes) is 1. The number of carbonyl (C=O) groups excluding carboxylic acids is 2. The Kier molecular flexibility index (Phi) is 7.55. The molecule has 1 atom stereocenters. The predicted octanol–water partition coefficient (Wildman–Crippen LogP) is 3.60. The van der Waals surface area contributed by atoms with Crippen molar-refractivity contribution in [2.24, 2.45) is 0 Å². The summed E-state index contributed by atoms with van der Waals surface area (Å²) in [5, 5.41) is 4.67. The van der Waals surface area contributed by atoms with E-state index >= 15 is 0 Å². The zero-order chi connectivity index (χ0) is 17.5. The number of ether oxygens (including phenoxy) is 1. The van der Waals surface area contributed by atoms with Gasteiger partial charge in [0.25, 0.3) is 0 Å². The van der Waals surface area contributed by atoms with Gasteiger partial charge in [-0.1, -0.05) is 25.8 Å². The van der Waals surface area contributed by atoms with Crippen molar-refractivity contribution in [2.45, 2.75) is 58.2 Å². The summed E-state index contributed by atoms with van der Waals surface area (Å²) in [6.07, 6.45) is 1.47. The molecule has 1 N–H and O–H groups in total. The van der Waals surface area contributed by atoms with Crippen LogP contribution in [-0.2, 0) is 16.1 Å². The molecule has 5 nitrogen and oxygen atoms in total. The second-order valence-electron chi connectivity index (χ2n) is 6.47. The maximum absolute atomic E-state index is 12.6. The third kappa shape index (κ3) is 7.50. The Hall–Kier alpha value is -1.56. The quantitative estimate of drug-likeness (QED) is 0.825. The van der Waals surface area contributed by atoms with Crippen LogP contribution in [0.3, 0.4) is 0 Å². The van der Waals surface area contributed by atoms with Crippen molar-refractivity contribution in [3.05, 3.63) is 29.3 Å². The SMILES string of the molecule is [CH2]CCC[C@H](NC(=O)OC(C)(C)C)C(=O)N(C)Cc1cccs1. The minimum absolute atomic E-state index is 0.113. The summed E-state index contributed by atoms with van der Waals surface area (Å²) in [6.45, 7) is 9.71. The van der Waals surface area contributed by atoms with Gasteiger partial charge in [-0.3, -0.25) is 4.79 Å². The molecule has 0 fully saturated rings. The molecule has 0 aromatic carbocycles. The van der Waals surface area contributed by atoms with Gasteiger partial charge in [-0.25, -0.2) is 4.79 Å². The topological polar surface area (TPSA) is 58.6 Å². The van der Waals surface area contributed by atoms with E-state index in [2.05, 4.69) is 12.2 Å². The molecule has 0 saturated heterocycles. The first-order chi connectivity index (χ1) is 10.7. The molecular formula is C17H27N2O3S. The van der Waals surface area contributed by atoms with Crippen LogP contribution in [0.2, 0.25) is 0 Å². The Balaban J connectivity index is 2.67. The number of amides is 2. The number of carbonyl (C=O) groups is 2. The zero-order valence-corrected chi connectivity index (χ0v) is 15.2. The highest BCUT2D eigenvalue weighted by molar-refractivity contribution is 7.09. The smallest absolute Gasteiger partial charge is 0.408 e. The van der Waals surface area contributed by atoms with Crippen molar-refractivity contribution in [2.75, 3.05) is 7.05 Å². The molecule has 1 aromatic rings. The Morgan fingerprint density at radius 1 is 1.43 bits per heavy atom. The van der Waals surface area contributed by atoms with E-state index in [9.17, 15) is 9.59 Å². The fourth-order valence-electron chi connectivity index (χ4n) is 2.04. The number of hydrogen-bond acceptors (Lipinski definition) is 4. The maximum atomic E-state index is 12.6. The summed E-state index contributed by atoms with van der Waals surface area (Å²) in [5.41, 5.74) is -0.590. The van der Waals surface area contributed by atoms with Gasteiger partial charge in [0.15, 0.2) is 0 Å². The number of nitrogens with zero attached hydrogens (tertiary/aromatic N) is 1. The summed E-state index contributed by atoms with van der Waals surface area (Å²) in [7, 11) is 1.75. The van der Waals surface area contributed by atoms with E-state index in [1.54, 1.807) is 44.1 Å². The van der Waals surface area contributed by atoms with E-state index in [0.29, 0.717) is 19.4 Å². The minimum atomic E-state index is -0.590. The van der Waals surface area contributed by atoms with Gasteiger partial charge in [0, 0.05) is 11.9 Å². The Morgan fingerprint density at radius 2 is 2.13 bits per heavy atom. The molecule has 23 heavy (non-hydrogen) atoms. The fourth-order valence-corrected chi connectivity index (χ4v) is 2.79. The number of likely N-dealkylation sites (N-methyl/N-ethyl adjacent to an activating group) is 1. The lowest BCUT2D eigenvalue weighted by Gasteiger charge is -2.26. The predicted molar refractivity (Wildman–Crippen MR) is 93.2 cm³/mol. The molecule has 6 heteroatoms. The standard InChI is InChI=1S/C17H27N2O3S/c1-6-7-10-14(18-16(21)22-17(2,3)4)15(20)19(5)12-13-9-8-11-23-13/h8-9,11,14H,1,6-7,10,12H2,2-5H3,(H,18,21)/t14-/m0/s1. The van der Waals surface area contributed by atoms with Crippen molar-refractivity contribution in [1.29, 1.82) is 0 Å². The number of thiophene rings is 1. The number of rotatable bonds is 7. The molecule has 1 aromatic heterocycles. The Morgan fingerprint density at radius 3 is 2.65 bits per heavy atom. The van der Waals surface area contributed by atoms with Crippen LogP contribution in [0.25, 0.3) is 0 Å². The molecule has 0 saturated carbocycles. The summed E-state index contributed by atoms with van der Waals surface area (Å²) in [5.74, 6) is -0.113. The highest BCUT2D eigenvalue weighted by atomic mass is 32.1. The minimum Gasteiger partial charge on any atom is -0.444 e. The molecule has 1 heterocycles. The van der Waals surface area contributed by atoms with Crippen molar-refractivity contribution in [3.63, 3.8) is 0 Å². The second kappa shape index (κ2) is 8.91. The van der Waals surface area contributed by atoms with Gasteiger partial charge in [-0.15, -0.1) is 11.3 Å². The maximum Gasteiger partial charge on any atom is 0.408 e. The van der Waals surface area contributed by atoms with Crippen LogP contribution >= 0.6 is 11.3 Å². The van der Waals surface area contributed by atoms with Crippen LogP contribution < -0.4 is 5.32 Å². The van der Waals surface area contributed by atoms with Gasteiger partial charge < -0.3 is 15.0 Å². The average Bonchev–Trinajstić information content (AvgIpc) is 2.93. The van der Waals surface area contributed by atoms with Gasteiger partial charge >= 0.3 is 6.09 Å². The van der Waals surface area contributed by atoms with E-state index in [4.69, 9.17) is 4.74 Å². The summed E-state index contributed by atoms with van der Waals surface area (Å²) in [6, 6.07) is 3.36. The van der Waals surface area contributed by atoms with Crippen LogP contribution in [0, 0.1) is 6.92 Å². The summed E-state index contributed by atoms with van der Waals surface area (Å²) >= 11 is 1.60. The molecule has 1 rings (SSSR count). The van der Waals surface area contributed by atoms with Crippen molar-refractivity contribution < 1.29 is 14.3 Å². The highest BCUT2D eigenvalue weighted by Crippen LogP contribution is 2.13. The van der Waals surface area contributed by atoms with E-state index in [0.717, 1.165) is 11.3 Å². The van der Waals surface area contributed by atoms with E-state index in [1.165, 1.54) is 0 Å². The van der Waals surface area contributed by atoms with E-state index < -0.39 is 17.7 Å². The number of hydrogen-bond donors (Lipinski definition) is 1. The Labute approximate surface area is 143 Å². The summed E-state index contributed by atoms with van der Waals surface area (Å²) < 4.78 is 5.25. The van der Waals surface area contributed by atoms with Crippen molar-refractivity contribution in [3.8, 4) is 0 Å². The number of alkyl carbamates (subject to hydrolysis) is 1.